The number of aromatic nitrogens is 1. The van der Waals surface area contributed by atoms with Gasteiger partial charge in [0.2, 0.25) is 23.9 Å². The summed E-state index contributed by atoms with van der Waals surface area (Å²) in [5.74, 6) is 1.32. The van der Waals surface area contributed by atoms with E-state index in [-0.39, 0.29) is 30.0 Å². The van der Waals surface area contributed by atoms with Gasteiger partial charge in [0.1, 0.15) is 24.3 Å². The number of nitrogens with zero attached hydrogens (tertiary/aromatic N) is 4. The number of nitro groups is 1. The van der Waals surface area contributed by atoms with Gasteiger partial charge in [-0.3, -0.25) is 14.9 Å². The average Bonchev–Trinajstić information content (AvgIpc) is 3.24. The molecule has 1 amide bonds. The molecule has 0 fully saturated rings. The van der Waals surface area contributed by atoms with Crippen molar-refractivity contribution < 1.29 is 23.9 Å². The first-order valence-corrected chi connectivity index (χ1v) is 10.5. The molecule has 0 unspecified atom stereocenters. The van der Waals surface area contributed by atoms with Gasteiger partial charge < -0.3 is 14.2 Å². The van der Waals surface area contributed by atoms with Crippen LogP contribution in [0.5, 0.6) is 17.4 Å². The number of amides is 1. The highest BCUT2D eigenvalue weighted by atomic mass is 79.9. The van der Waals surface area contributed by atoms with Gasteiger partial charge in [-0.05, 0) is 48.5 Å². The first-order valence-electron chi connectivity index (χ1n) is 9.71. The first kappa shape index (κ1) is 22.2. The maximum Gasteiger partial charge on any atom is 0.287 e. The number of benzene rings is 2. The highest BCUT2D eigenvalue weighted by Crippen LogP contribution is 2.24. The molecule has 1 atom stereocenters. The van der Waals surface area contributed by atoms with E-state index in [1.165, 1.54) is 24.1 Å². The molecule has 1 aliphatic rings. The van der Waals surface area contributed by atoms with E-state index < -0.39 is 11.2 Å². The Hall–Kier alpha value is -3.99. The summed E-state index contributed by atoms with van der Waals surface area (Å²) >= 11 is 3.37. The number of pyridine rings is 1. The van der Waals surface area contributed by atoms with Gasteiger partial charge in [0, 0.05) is 29.1 Å². The molecular formula is C22H17BrN4O6. The summed E-state index contributed by atoms with van der Waals surface area (Å²) in [7, 11) is 0. The molecule has 0 N–H and O–H groups in total. The van der Waals surface area contributed by atoms with Gasteiger partial charge in [-0.2, -0.15) is 5.01 Å². The van der Waals surface area contributed by atoms with Crippen LogP contribution in [-0.2, 0) is 9.53 Å². The maximum absolute atomic E-state index is 12.0. The molecule has 1 aliphatic heterocycles. The normalized spacial score (nSPS) is 14.9. The van der Waals surface area contributed by atoms with Crippen molar-refractivity contribution in [3.05, 3.63) is 87.0 Å². The van der Waals surface area contributed by atoms with Crippen LogP contribution in [0.3, 0.4) is 0 Å². The lowest BCUT2D eigenvalue weighted by atomic mass is 10.2. The monoisotopic (exact) mass is 512 g/mol. The minimum absolute atomic E-state index is 0.0984. The van der Waals surface area contributed by atoms with E-state index in [4.69, 9.17) is 14.2 Å². The minimum Gasteiger partial charge on any atom is -0.488 e. The predicted octanol–water partition coefficient (Wildman–Crippen LogP) is 4.49. The summed E-state index contributed by atoms with van der Waals surface area (Å²) in [6.45, 7) is 1.50. The Balaban J connectivity index is 1.41. The van der Waals surface area contributed by atoms with Gasteiger partial charge >= 0.3 is 0 Å². The number of ether oxygens (including phenoxy) is 3. The zero-order valence-corrected chi connectivity index (χ0v) is 18.8. The van der Waals surface area contributed by atoms with Crippen LogP contribution in [0.25, 0.3) is 0 Å². The van der Waals surface area contributed by atoms with Crippen molar-refractivity contribution in [2.45, 2.75) is 13.2 Å². The van der Waals surface area contributed by atoms with Crippen molar-refractivity contribution in [1.29, 1.82) is 0 Å². The molecule has 0 spiro atoms. The molecule has 4 rings (SSSR count). The van der Waals surface area contributed by atoms with Crippen LogP contribution in [0.2, 0.25) is 0 Å². The van der Waals surface area contributed by atoms with Crippen LogP contribution in [-0.4, -0.2) is 39.6 Å². The number of hydrogen-bond donors (Lipinski definition) is 0. The topological polar surface area (TPSA) is 116 Å². The summed E-state index contributed by atoms with van der Waals surface area (Å²) in [5, 5.41) is 16.2. The quantitative estimate of drug-likeness (QED) is 0.338. The zero-order chi connectivity index (χ0) is 23.4. The molecule has 11 heteroatoms. The zero-order valence-electron chi connectivity index (χ0n) is 17.3. The standard InChI is InChI=1S/C22H17BrN4O6/c1-14(28)26-21(13-31-18-9-4-16(23)5-10-18)33-22(25-26)15-2-7-19(8-3-15)32-20-11-6-17(12-24-20)27(29)30/h2-12,21H,13H2,1H3/t21-/m1/s1. The second-order valence-corrected chi connectivity index (χ2v) is 7.76. The van der Waals surface area contributed by atoms with E-state index in [9.17, 15) is 14.9 Å². The molecule has 0 bridgehead atoms. The van der Waals surface area contributed by atoms with Crippen LogP contribution in [0, 0.1) is 10.1 Å². The lowest BCUT2D eigenvalue weighted by Gasteiger charge is -2.19. The van der Waals surface area contributed by atoms with Gasteiger partial charge in [-0.25, -0.2) is 4.98 Å². The number of carbonyl (C=O) groups is 1. The fourth-order valence-electron chi connectivity index (χ4n) is 2.89. The summed E-state index contributed by atoms with van der Waals surface area (Å²) in [4.78, 5) is 26.1. The van der Waals surface area contributed by atoms with Gasteiger partial charge in [-0.15, -0.1) is 5.10 Å². The summed E-state index contributed by atoms with van der Waals surface area (Å²) in [6, 6.07) is 16.8. The Labute approximate surface area is 196 Å². The summed E-state index contributed by atoms with van der Waals surface area (Å²) < 4.78 is 18.1. The summed E-state index contributed by atoms with van der Waals surface area (Å²) in [6.07, 6.45) is 0.416. The molecule has 10 nitrogen and oxygen atoms in total. The third-order valence-corrected chi connectivity index (χ3v) is 5.03. The van der Waals surface area contributed by atoms with Crippen molar-refractivity contribution in [3.63, 3.8) is 0 Å². The Morgan fingerprint density at radius 1 is 1.12 bits per heavy atom. The van der Waals surface area contributed by atoms with E-state index in [2.05, 4.69) is 26.0 Å². The molecule has 0 aliphatic carbocycles. The lowest BCUT2D eigenvalue weighted by Crippen LogP contribution is -2.36. The molecule has 33 heavy (non-hydrogen) atoms. The predicted molar refractivity (Wildman–Crippen MR) is 121 cm³/mol. The number of halogens is 1. The van der Waals surface area contributed by atoms with Gasteiger partial charge in [0.25, 0.3) is 5.69 Å². The molecule has 168 valence electrons. The van der Waals surface area contributed by atoms with Crippen molar-refractivity contribution >= 4 is 33.4 Å². The second-order valence-electron chi connectivity index (χ2n) is 6.84. The average molecular weight is 513 g/mol. The van der Waals surface area contributed by atoms with Crippen molar-refractivity contribution in [2.24, 2.45) is 5.10 Å². The highest BCUT2D eigenvalue weighted by molar-refractivity contribution is 9.10. The van der Waals surface area contributed by atoms with Gasteiger partial charge in [-0.1, -0.05) is 15.9 Å². The van der Waals surface area contributed by atoms with E-state index in [0.29, 0.717) is 17.1 Å². The van der Waals surface area contributed by atoms with Crippen molar-refractivity contribution in [2.75, 3.05) is 6.61 Å². The van der Waals surface area contributed by atoms with Gasteiger partial charge in [0.05, 0.1) is 4.92 Å². The Bertz CT molecular complexity index is 1180. The third-order valence-electron chi connectivity index (χ3n) is 4.50. The smallest absolute Gasteiger partial charge is 0.287 e. The molecule has 2 aromatic carbocycles. The number of hydrogen-bond acceptors (Lipinski definition) is 8. The van der Waals surface area contributed by atoms with Crippen LogP contribution >= 0.6 is 15.9 Å². The van der Waals surface area contributed by atoms with Crippen molar-refractivity contribution in [3.8, 4) is 17.4 Å². The molecular weight excluding hydrogens is 496 g/mol. The van der Waals surface area contributed by atoms with E-state index in [1.54, 1.807) is 36.4 Å². The molecule has 2 heterocycles. The third kappa shape index (κ3) is 5.44. The fraction of sp³-hybridized carbons (Fsp3) is 0.136. The first-order chi connectivity index (χ1) is 15.9. The number of rotatable bonds is 7. The molecule has 0 saturated carbocycles. The van der Waals surface area contributed by atoms with E-state index in [0.717, 1.165) is 10.7 Å². The van der Waals surface area contributed by atoms with Crippen LogP contribution in [0.15, 0.2) is 76.4 Å². The van der Waals surface area contributed by atoms with Crippen molar-refractivity contribution in [1.82, 2.24) is 9.99 Å². The Kier molecular flexibility index (Phi) is 6.50. The fourth-order valence-corrected chi connectivity index (χ4v) is 3.16. The van der Waals surface area contributed by atoms with Crippen LogP contribution in [0.4, 0.5) is 5.69 Å². The maximum atomic E-state index is 12.0. The molecule has 1 aromatic heterocycles. The van der Waals surface area contributed by atoms with Crippen LogP contribution in [0.1, 0.15) is 12.5 Å². The number of carbonyl (C=O) groups excluding carboxylic acids is 1. The molecule has 3 aromatic rings. The lowest BCUT2D eigenvalue weighted by molar-refractivity contribution is -0.385. The highest BCUT2D eigenvalue weighted by Gasteiger charge is 2.32. The van der Waals surface area contributed by atoms with E-state index >= 15 is 0 Å². The largest absolute Gasteiger partial charge is 0.488 e. The number of hydrazone groups is 1. The van der Waals surface area contributed by atoms with Gasteiger partial charge in [0.15, 0.2) is 0 Å². The van der Waals surface area contributed by atoms with E-state index in [1.807, 2.05) is 12.1 Å². The SMILES string of the molecule is CC(=O)N1N=C(c2ccc(Oc3ccc([N+](=O)[O-])cn3)cc2)O[C@@H]1COc1ccc(Br)cc1. The molecule has 0 radical (unpaired) electrons. The van der Waals surface area contributed by atoms with Crippen LogP contribution < -0.4 is 9.47 Å². The Morgan fingerprint density at radius 2 is 1.82 bits per heavy atom. The summed E-state index contributed by atoms with van der Waals surface area (Å²) in [5.41, 5.74) is 0.513. The molecule has 0 saturated heterocycles. The Morgan fingerprint density at radius 3 is 2.42 bits per heavy atom. The second kappa shape index (κ2) is 9.65. The minimum atomic E-state index is -0.707.